The van der Waals surface area contributed by atoms with Gasteiger partial charge in [0.2, 0.25) is 0 Å². The predicted octanol–water partition coefficient (Wildman–Crippen LogP) is 12.2. The van der Waals surface area contributed by atoms with Crippen LogP contribution in [0.15, 0.2) is 182 Å². The molecular formula is C48H30N4. The molecule has 0 amide bonds. The van der Waals surface area contributed by atoms with Crippen LogP contribution in [0.1, 0.15) is 0 Å². The van der Waals surface area contributed by atoms with Crippen LogP contribution in [0.4, 0.5) is 0 Å². The fourth-order valence-electron chi connectivity index (χ4n) is 7.42. The quantitative estimate of drug-likeness (QED) is 0.172. The fraction of sp³-hybridized carbons (Fsp3) is 0. The number of para-hydroxylation sites is 2. The van der Waals surface area contributed by atoms with Crippen molar-refractivity contribution in [1.29, 1.82) is 0 Å². The van der Waals surface area contributed by atoms with Crippen LogP contribution in [0.3, 0.4) is 0 Å². The number of aromatic nitrogens is 4. The normalized spacial score (nSPS) is 11.5. The summed E-state index contributed by atoms with van der Waals surface area (Å²) in [6, 6.07) is 59.6. The number of hydrogen-bond donors (Lipinski definition) is 0. The van der Waals surface area contributed by atoms with E-state index in [0.29, 0.717) is 5.82 Å². The van der Waals surface area contributed by atoms with E-state index in [0.717, 1.165) is 93.7 Å². The molecule has 0 aliphatic rings. The smallest absolute Gasteiger partial charge is 0.160 e. The highest BCUT2D eigenvalue weighted by atomic mass is 14.9. The van der Waals surface area contributed by atoms with Gasteiger partial charge in [0.25, 0.3) is 0 Å². The Bertz CT molecular complexity index is 2840. The van der Waals surface area contributed by atoms with Crippen LogP contribution >= 0.6 is 0 Å². The second-order valence-corrected chi connectivity index (χ2v) is 13.1. The summed E-state index contributed by atoms with van der Waals surface area (Å²) in [5, 5.41) is 5.57. The molecule has 0 atom stereocenters. The van der Waals surface area contributed by atoms with Crippen molar-refractivity contribution < 1.29 is 0 Å². The van der Waals surface area contributed by atoms with Crippen molar-refractivity contribution in [3.8, 4) is 56.0 Å². The molecule has 0 aliphatic carbocycles. The Morgan fingerprint density at radius 2 is 0.885 bits per heavy atom. The lowest BCUT2D eigenvalue weighted by Crippen LogP contribution is -1.96. The number of fused-ring (bicyclic) bond motifs is 5. The monoisotopic (exact) mass is 662 g/mol. The number of hydrogen-bond acceptors (Lipinski definition) is 4. The third-order valence-electron chi connectivity index (χ3n) is 9.97. The summed E-state index contributed by atoms with van der Waals surface area (Å²) in [6.45, 7) is 0. The van der Waals surface area contributed by atoms with Crippen LogP contribution < -0.4 is 0 Å². The highest BCUT2D eigenvalue weighted by Crippen LogP contribution is 2.38. The van der Waals surface area contributed by atoms with E-state index in [4.69, 9.17) is 9.97 Å². The molecule has 0 unspecified atom stereocenters. The van der Waals surface area contributed by atoms with Gasteiger partial charge >= 0.3 is 0 Å². The van der Waals surface area contributed by atoms with Crippen LogP contribution in [0, 0.1) is 0 Å². The van der Waals surface area contributed by atoms with Gasteiger partial charge < -0.3 is 0 Å². The lowest BCUT2D eigenvalue weighted by molar-refractivity contribution is 1.23. The molecule has 0 N–H and O–H groups in total. The van der Waals surface area contributed by atoms with E-state index in [1.807, 2.05) is 30.6 Å². The van der Waals surface area contributed by atoms with Crippen molar-refractivity contribution in [2.24, 2.45) is 0 Å². The topological polar surface area (TPSA) is 51.6 Å². The van der Waals surface area contributed by atoms with E-state index >= 15 is 0 Å². The molecule has 0 saturated carbocycles. The first kappa shape index (κ1) is 29.8. The summed E-state index contributed by atoms with van der Waals surface area (Å²) in [5.74, 6) is 0.704. The van der Waals surface area contributed by atoms with Gasteiger partial charge in [0.05, 0.1) is 22.2 Å². The van der Waals surface area contributed by atoms with Gasteiger partial charge in [0, 0.05) is 45.1 Å². The van der Waals surface area contributed by atoms with Crippen LogP contribution in [0.25, 0.3) is 99.5 Å². The van der Waals surface area contributed by atoms with Crippen molar-refractivity contribution in [2.75, 3.05) is 0 Å². The molecule has 10 rings (SSSR count). The largest absolute Gasteiger partial charge is 0.256 e. The van der Waals surface area contributed by atoms with Gasteiger partial charge in [-0.1, -0.05) is 121 Å². The molecule has 4 nitrogen and oxygen atoms in total. The minimum absolute atomic E-state index is 0.704. The van der Waals surface area contributed by atoms with E-state index in [2.05, 4.69) is 162 Å². The molecule has 0 bridgehead atoms. The summed E-state index contributed by atoms with van der Waals surface area (Å²) in [6.07, 6.45) is 3.80. The SMILES string of the molecule is c1ccc(-c2nc(-c3ccc(-c4cc(-c5ccnc6ccccc56)cc(-c5ccnc6ccccc56)c4)cc3)nc3c2ccc2ccccc23)cc1. The molecule has 0 saturated heterocycles. The molecule has 3 heterocycles. The van der Waals surface area contributed by atoms with Gasteiger partial charge in [-0.2, -0.15) is 0 Å². The maximum Gasteiger partial charge on any atom is 0.160 e. The summed E-state index contributed by atoms with van der Waals surface area (Å²) in [5.41, 5.74) is 12.7. The number of rotatable bonds is 5. The van der Waals surface area contributed by atoms with Crippen molar-refractivity contribution in [3.63, 3.8) is 0 Å². The Hall–Kier alpha value is -7.04. The molecular weight excluding hydrogens is 633 g/mol. The van der Waals surface area contributed by atoms with E-state index in [1.54, 1.807) is 0 Å². The van der Waals surface area contributed by atoms with Gasteiger partial charge in [0.15, 0.2) is 5.82 Å². The molecule has 242 valence electrons. The lowest BCUT2D eigenvalue weighted by atomic mass is 9.91. The summed E-state index contributed by atoms with van der Waals surface area (Å²) in [7, 11) is 0. The Balaban J connectivity index is 1.14. The first-order chi connectivity index (χ1) is 25.8. The van der Waals surface area contributed by atoms with E-state index in [-0.39, 0.29) is 0 Å². The fourth-order valence-corrected chi connectivity index (χ4v) is 7.42. The molecule has 3 aromatic heterocycles. The van der Waals surface area contributed by atoms with Crippen molar-refractivity contribution >= 4 is 43.5 Å². The molecule has 52 heavy (non-hydrogen) atoms. The van der Waals surface area contributed by atoms with E-state index in [9.17, 15) is 0 Å². The molecule has 0 fully saturated rings. The van der Waals surface area contributed by atoms with Crippen LogP contribution in [0.2, 0.25) is 0 Å². The van der Waals surface area contributed by atoms with Gasteiger partial charge in [-0.15, -0.1) is 0 Å². The van der Waals surface area contributed by atoms with Crippen LogP contribution in [-0.2, 0) is 0 Å². The number of pyridine rings is 2. The second-order valence-electron chi connectivity index (χ2n) is 13.1. The van der Waals surface area contributed by atoms with Crippen LogP contribution in [-0.4, -0.2) is 19.9 Å². The maximum absolute atomic E-state index is 5.20. The van der Waals surface area contributed by atoms with Crippen molar-refractivity contribution in [3.05, 3.63) is 182 Å². The molecule has 0 aliphatic heterocycles. The average molecular weight is 663 g/mol. The Kier molecular flexibility index (Phi) is 7.10. The highest BCUT2D eigenvalue weighted by Gasteiger charge is 2.16. The second kappa shape index (κ2) is 12.4. The Labute approximate surface area is 300 Å². The van der Waals surface area contributed by atoms with Gasteiger partial charge in [-0.3, -0.25) is 9.97 Å². The molecule has 10 aromatic rings. The zero-order chi connectivity index (χ0) is 34.4. The average Bonchev–Trinajstić information content (AvgIpc) is 3.23. The van der Waals surface area contributed by atoms with Crippen molar-refractivity contribution in [2.45, 2.75) is 0 Å². The standard InChI is InChI=1S/C48H30N4/c1-2-11-33(12-3-1)46-43-23-22-32-10-4-5-13-40(32)47(43)52-48(51-46)34-20-18-31(19-21-34)35-28-36(38-24-26-49-44-16-8-6-14-41(38)44)30-37(29-35)39-25-27-50-45-17-9-7-15-42(39)45/h1-30H. The highest BCUT2D eigenvalue weighted by molar-refractivity contribution is 6.09. The Morgan fingerprint density at radius 1 is 0.327 bits per heavy atom. The number of nitrogens with zero attached hydrogens (tertiary/aromatic N) is 4. The van der Waals surface area contributed by atoms with Gasteiger partial charge in [0.1, 0.15) is 0 Å². The minimum Gasteiger partial charge on any atom is -0.256 e. The van der Waals surface area contributed by atoms with E-state index < -0.39 is 0 Å². The first-order valence-corrected chi connectivity index (χ1v) is 17.5. The third kappa shape index (κ3) is 5.17. The molecule has 4 heteroatoms. The molecule has 0 spiro atoms. The minimum atomic E-state index is 0.704. The van der Waals surface area contributed by atoms with Crippen LogP contribution in [0.5, 0.6) is 0 Å². The zero-order valence-electron chi connectivity index (χ0n) is 28.1. The summed E-state index contributed by atoms with van der Waals surface area (Å²) >= 11 is 0. The predicted molar refractivity (Wildman–Crippen MR) is 215 cm³/mol. The third-order valence-corrected chi connectivity index (χ3v) is 9.97. The van der Waals surface area contributed by atoms with E-state index in [1.165, 1.54) is 0 Å². The van der Waals surface area contributed by atoms with Crippen molar-refractivity contribution in [1.82, 2.24) is 19.9 Å². The zero-order valence-corrected chi connectivity index (χ0v) is 28.1. The summed E-state index contributed by atoms with van der Waals surface area (Å²) < 4.78 is 0. The lowest BCUT2D eigenvalue weighted by Gasteiger charge is -2.14. The Morgan fingerprint density at radius 3 is 1.56 bits per heavy atom. The molecule has 0 radical (unpaired) electrons. The van der Waals surface area contributed by atoms with Gasteiger partial charge in [-0.25, -0.2) is 9.97 Å². The maximum atomic E-state index is 5.20. The first-order valence-electron chi connectivity index (χ1n) is 17.5. The molecule has 7 aromatic carbocycles. The summed E-state index contributed by atoms with van der Waals surface area (Å²) in [4.78, 5) is 19.7. The van der Waals surface area contributed by atoms with Gasteiger partial charge in [-0.05, 0) is 87.3 Å². The number of benzene rings is 7.